The normalized spacial score (nSPS) is 11.2. The summed E-state index contributed by atoms with van der Waals surface area (Å²) in [6, 6.07) is 11.8. The van der Waals surface area contributed by atoms with Gasteiger partial charge in [-0.2, -0.15) is 4.98 Å². The van der Waals surface area contributed by atoms with Crippen LogP contribution in [0.5, 0.6) is 0 Å². The maximum atomic E-state index is 11.3. The minimum atomic E-state index is -3.72. The second kappa shape index (κ2) is 8.42. The predicted octanol–water partition coefficient (Wildman–Crippen LogP) is 2.68. The summed E-state index contributed by atoms with van der Waals surface area (Å²) in [6.07, 6.45) is 4.16. The Kier molecular flexibility index (Phi) is 5.99. The maximum Gasteiger partial charge on any atom is 0.238 e. The molecule has 3 rings (SSSR count). The molecular formula is C17H17BrN6O2S. The van der Waals surface area contributed by atoms with Gasteiger partial charge in [-0.3, -0.25) is 4.98 Å². The molecule has 0 bridgehead atoms. The van der Waals surface area contributed by atoms with Crippen molar-refractivity contribution in [2.75, 3.05) is 17.2 Å². The van der Waals surface area contributed by atoms with Crippen LogP contribution in [0.25, 0.3) is 0 Å². The van der Waals surface area contributed by atoms with Crippen LogP contribution >= 0.6 is 15.9 Å². The van der Waals surface area contributed by atoms with Gasteiger partial charge in [-0.25, -0.2) is 18.5 Å². The SMILES string of the molecule is NS(=O)(=O)c1ccc(Nc2ncc(Br)c(NCCc3ccccn3)n2)cc1. The Labute approximate surface area is 165 Å². The summed E-state index contributed by atoms with van der Waals surface area (Å²) in [4.78, 5) is 13.0. The fourth-order valence-corrected chi connectivity index (χ4v) is 3.11. The highest BCUT2D eigenvalue weighted by molar-refractivity contribution is 9.10. The molecule has 0 aliphatic heterocycles. The summed E-state index contributed by atoms with van der Waals surface area (Å²) in [5, 5.41) is 11.4. The van der Waals surface area contributed by atoms with Crippen LogP contribution in [-0.4, -0.2) is 29.9 Å². The Hall–Kier alpha value is -2.56. The van der Waals surface area contributed by atoms with Gasteiger partial charge in [0.2, 0.25) is 16.0 Å². The molecule has 3 aromatic rings. The number of sulfonamides is 1. The van der Waals surface area contributed by atoms with Crippen LogP contribution in [0.4, 0.5) is 17.5 Å². The molecular weight excluding hydrogens is 432 g/mol. The predicted molar refractivity (Wildman–Crippen MR) is 107 cm³/mol. The van der Waals surface area contributed by atoms with E-state index in [9.17, 15) is 8.42 Å². The molecule has 27 heavy (non-hydrogen) atoms. The molecule has 0 aliphatic rings. The first-order chi connectivity index (χ1) is 12.9. The number of nitrogens with zero attached hydrogens (tertiary/aromatic N) is 3. The number of nitrogens with one attached hydrogen (secondary N) is 2. The first-order valence-electron chi connectivity index (χ1n) is 7.98. The van der Waals surface area contributed by atoms with Crippen LogP contribution < -0.4 is 15.8 Å². The van der Waals surface area contributed by atoms with E-state index < -0.39 is 10.0 Å². The van der Waals surface area contributed by atoms with Crippen molar-refractivity contribution in [2.45, 2.75) is 11.3 Å². The minimum absolute atomic E-state index is 0.0432. The van der Waals surface area contributed by atoms with Crippen LogP contribution in [0.15, 0.2) is 64.2 Å². The first kappa shape index (κ1) is 19.2. The van der Waals surface area contributed by atoms with E-state index in [0.717, 1.165) is 16.6 Å². The Morgan fingerprint density at radius 3 is 2.52 bits per heavy atom. The number of hydrogen-bond donors (Lipinski definition) is 3. The van der Waals surface area contributed by atoms with Gasteiger partial charge in [-0.1, -0.05) is 6.07 Å². The van der Waals surface area contributed by atoms with Crippen LogP contribution in [0, 0.1) is 0 Å². The van der Waals surface area contributed by atoms with Gasteiger partial charge < -0.3 is 10.6 Å². The molecule has 0 unspecified atom stereocenters. The highest BCUT2D eigenvalue weighted by Gasteiger charge is 2.08. The molecule has 1 aromatic carbocycles. The fourth-order valence-electron chi connectivity index (χ4n) is 2.26. The van der Waals surface area contributed by atoms with E-state index >= 15 is 0 Å². The topological polar surface area (TPSA) is 123 Å². The maximum absolute atomic E-state index is 11.3. The quantitative estimate of drug-likeness (QED) is 0.507. The largest absolute Gasteiger partial charge is 0.369 e. The molecule has 4 N–H and O–H groups in total. The lowest BCUT2D eigenvalue weighted by atomic mass is 10.3. The monoisotopic (exact) mass is 448 g/mol. The van der Waals surface area contributed by atoms with E-state index in [-0.39, 0.29) is 4.90 Å². The molecule has 0 aliphatic carbocycles. The van der Waals surface area contributed by atoms with Gasteiger partial charge in [0.1, 0.15) is 5.82 Å². The first-order valence-corrected chi connectivity index (χ1v) is 10.3. The summed E-state index contributed by atoms with van der Waals surface area (Å²) in [7, 11) is -3.72. The Morgan fingerprint density at radius 1 is 1.07 bits per heavy atom. The number of halogens is 1. The summed E-state index contributed by atoms with van der Waals surface area (Å²) in [5.41, 5.74) is 1.63. The van der Waals surface area contributed by atoms with Crippen LogP contribution in [0.3, 0.4) is 0 Å². The van der Waals surface area contributed by atoms with E-state index in [4.69, 9.17) is 5.14 Å². The van der Waals surface area contributed by atoms with E-state index in [1.165, 1.54) is 12.1 Å². The lowest BCUT2D eigenvalue weighted by Crippen LogP contribution is -2.12. The van der Waals surface area contributed by atoms with Gasteiger partial charge in [0.15, 0.2) is 0 Å². The summed E-state index contributed by atoms with van der Waals surface area (Å²) < 4.78 is 23.3. The second-order valence-electron chi connectivity index (χ2n) is 5.58. The van der Waals surface area contributed by atoms with E-state index in [1.807, 2.05) is 18.2 Å². The molecule has 8 nitrogen and oxygen atoms in total. The number of aromatic nitrogens is 3. The third kappa shape index (κ3) is 5.46. The third-order valence-corrected chi connectivity index (χ3v) is 5.09. The number of nitrogens with two attached hydrogens (primary N) is 1. The molecule has 0 spiro atoms. The van der Waals surface area contributed by atoms with Crippen LogP contribution in [-0.2, 0) is 16.4 Å². The summed E-state index contributed by atoms with van der Waals surface area (Å²) in [5.74, 6) is 1.02. The number of anilines is 3. The highest BCUT2D eigenvalue weighted by atomic mass is 79.9. The molecule has 0 atom stereocenters. The number of rotatable bonds is 7. The molecule has 10 heteroatoms. The van der Waals surface area contributed by atoms with Crippen molar-refractivity contribution in [3.8, 4) is 0 Å². The van der Waals surface area contributed by atoms with Crippen LogP contribution in [0.2, 0.25) is 0 Å². The van der Waals surface area contributed by atoms with Crippen molar-refractivity contribution < 1.29 is 8.42 Å². The number of primary sulfonamides is 1. The van der Waals surface area contributed by atoms with Crippen molar-refractivity contribution in [1.29, 1.82) is 0 Å². The molecule has 0 saturated heterocycles. The summed E-state index contributed by atoms with van der Waals surface area (Å²) in [6.45, 7) is 0.662. The molecule has 0 radical (unpaired) electrons. The van der Waals surface area contributed by atoms with Gasteiger partial charge in [-0.15, -0.1) is 0 Å². The average Bonchev–Trinajstić information content (AvgIpc) is 2.65. The zero-order chi connectivity index (χ0) is 19.3. The fraction of sp³-hybridized carbons (Fsp3) is 0.118. The Bertz CT molecular complexity index is 1010. The number of benzene rings is 1. The molecule has 2 heterocycles. The molecule has 2 aromatic heterocycles. The molecule has 0 saturated carbocycles. The second-order valence-corrected chi connectivity index (χ2v) is 8.00. The highest BCUT2D eigenvalue weighted by Crippen LogP contribution is 2.22. The standard InChI is InChI=1S/C17H17BrN6O2S/c18-15-11-22-17(23-13-4-6-14(7-5-13)27(19,25)26)24-16(15)21-10-8-12-3-1-2-9-20-12/h1-7,9,11H,8,10H2,(H2,19,25,26)(H2,21,22,23,24). The Balaban J connectivity index is 1.66. The zero-order valence-corrected chi connectivity index (χ0v) is 16.5. The van der Waals surface area contributed by atoms with Crippen molar-refractivity contribution in [2.24, 2.45) is 5.14 Å². The lowest BCUT2D eigenvalue weighted by Gasteiger charge is -2.10. The van der Waals surface area contributed by atoms with Gasteiger partial charge in [0.05, 0.1) is 9.37 Å². The van der Waals surface area contributed by atoms with E-state index in [2.05, 4.69) is 41.5 Å². The Morgan fingerprint density at radius 2 is 1.85 bits per heavy atom. The summed E-state index contributed by atoms with van der Waals surface area (Å²) >= 11 is 3.42. The molecule has 0 fully saturated rings. The molecule has 0 amide bonds. The van der Waals surface area contributed by atoms with Crippen LogP contribution in [0.1, 0.15) is 5.69 Å². The average molecular weight is 449 g/mol. The van der Waals surface area contributed by atoms with Gasteiger partial charge in [0, 0.05) is 36.7 Å². The smallest absolute Gasteiger partial charge is 0.238 e. The number of pyridine rings is 1. The van der Waals surface area contributed by atoms with Crippen molar-refractivity contribution in [3.05, 3.63) is 65.0 Å². The van der Waals surface area contributed by atoms with Crippen molar-refractivity contribution in [1.82, 2.24) is 15.0 Å². The zero-order valence-electron chi connectivity index (χ0n) is 14.1. The van der Waals surface area contributed by atoms with Gasteiger partial charge in [0.25, 0.3) is 0 Å². The van der Waals surface area contributed by atoms with Crippen molar-refractivity contribution >= 4 is 43.4 Å². The van der Waals surface area contributed by atoms with Crippen molar-refractivity contribution in [3.63, 3.8) is 0 Å². The van der Waals surface area contributed by atoms with Gasteiger partial charge >= 0.3 is 0 Å². The lowest BCUT2D eigenvalue weighted by molar-refractivity contribution is 0.598. The van der Waals surface area contributed by atoms with E-state index in [1.54, 1.807) is 24.5 Å². The third-order valence-electron chi connectivity index (χ3n) is 3.58. The number of hydrogen-bond acceptors (Lipinski definition) is 7. The molecule has 140 valence electrons. The minimum Gasteiger partial charge on any atom is -0.369 e. The van der Waals surface area contributed by atoms with Gasteiger partial charge in [-0.05, 0) is 52.3 Å². The van der Waals surface area contributed by atoms with E-state index in [0.29, 0.717) is 24.0 Å².